The van der Waals surface area contributed by atoms with Crippen molar-refractivity contribution in [1.29, 1.82) is 0 Å². The summed E-state index contributed by atoms with van der Waals surface area (Å²) in [6.45, 7) is 0. The Morgan fingerprint density at radius 3 is 2.53 bits per heavy atom. The molecule has 0 amide bonds. The van der Waals surface area contributed by atoms with E-state index in [9.17, 15) is 4.79 Å². The van der Waals surface area contributed by atoms with Gasteiger partial charge in [0.2, 0.25) is 0 Å². The van der Waals surface area contributed by atoms with Crippen molar-refractivity contribution >= 4 is 11.8 Å². The van der Waals surface area contributed by atoms with Gasteiger partial charge in [-0.15, -0.1) is 0 Å². The van der Waals surface area contributed by atoms with E-state index < -0.39 is 11.9 Å². The summed E-state index contributed by atoms with van der Waals surface area (Å²) in [7, 11) is 0. The van der Waals surface area contributed by atoms with Crippen LogP contribution >= 0.6 is 0 Å². The van der Waals surface area contributed by atoms with Crippen LogP contribution in [0.2, 0.25) is 0 Å². The van der Waals surface area contributed by atoms with Crippen LogP contribution in [-0.4, -0.2) is 16.9 Å². The number of hydrazine groups is 1. The highest BCUT2D eigenvalue weighted by molar-refractivity contribution is 5.85. The standard InChI is InChI=1S/C9H18N4O2/c10-12-8(13-11)5-7(9(14)15)6-3-1-2-4-6/h6-7H,1-5,10-11H2,(H,12,13)(H,14,15). The van der Waals surface area contributed by atoms with Crippen molar-refractivity contribution < 1.29 is 9.90 Å². The van der Waals surface area contributed by atoms with Gasteiger partial charge in [-0.3, -0.25) is 4.79 Å². The van der Waals surface area contributed by atoms with E-state index in [0.717, 1.165) is 25.7 Å². The third kappa shape index (κ3) is 3.09. The SMILES string of the molecule is N/N=C(/CC(C(=O)O)C1CCCC1)NN. The Hall–Kier alpha value is -1.30. The Morgan fingerprint density at radius 2 is 2.13 bits per heavy atom. The highest BCUT2D eigenvalue weighted by Gasteiger charge is 2.31. The molecule has 0 aromatic heterocycles. The Bertz CT molecular complexity index is 248. The fraction of sp³-hybridized carbons (Fsp3) is 0.778. The van der Waals surface area contributed by atoms with Crippen LogP contribution in [0.15, 0.2) is 5.10 Å². The van der Waals surface area contributed by atoms with Gasteiger partial charge in [-0.1, -0.05) is 12.8 Å². The minimum absolute atomic E-state index is 0.229. The minimum atomic E-state index is -0.793. The molecule has 0 heterocycles. The third-order valence-corrected chi connectivity index (χ3v) is 3.02. The molecule has 86 valence electrons. The molecule has 0 aromatic carbocycles. The average Bonchev–Trinajstić information content (AvgIpc) is 2.72. The lowest BCUT2D eigenvalue weighted by Crippen LogP contribution is -2.36. The van der Waals surface area contributed by atoms with Crippen LogP contribution in [0.3, 0.4) is 0 Å². The summed E-state index contributed by atoms with van der Waals surface area (Å²) in [5, 5.41) is 12.5. The van der Waals surface area contributed by atoms with E-state index in [1.165, 1.54) is 0 Å². The predicted octanol–water partition coefficient (Wildman–Crippen LogP) is 0.00300. The van der Waals surface area contributed by atoms with Crippen molar-refractivity contribution in [3.8, 4) is 0 Å². The van der Waals surface area contributed by atoms with E-state index >= 15 is 0 Å². The molecule has 6 N–H and O–H groups in total. The number of hydrazone groups is 1. The Kier molecular flexibility index (Phi) is 4.36. The topological polar surface area (TPSA) is 114 Å². The number of nitrogens with one attached hydrogen (secondary N) is 1. The van der Waals surface area contributed by atoms with Gasteiger partial charge >= 0.3 is 5.97 Å². The number of hydrogen-bond donors (Lipinski definition) is 4. The Labute approximate surface area is 88.7 Å². The lowest BCUT2D eigenvalue weighted by Gasteiger charge is -2.19. The summed E-state index contributed by atoms with van der Waals surface area (Å²) in [6, 6.07) is 0. The normalized spacial score (nSPS) is 20.2. The number of carbonyl (C=O) groups is 1. The molecule has 6 heteroatoms. The molecule has 1 aliphatic rings. The molecular weight excluding hydrogens is 196 g/mol. The molecule has 1 atom stereocenters. The van der Waals surface area contributed by atoms with Crippen molar-refractivity contribution in [3.05, 3.63) is 0 Å². The number of nitrogens with zero attached hydrogens (tertiary/aromatic N) is 1. The molecule has 15 heavy (non-hydrogen) atoms. The van der Waals surface area contributed by atoms with Gasteiger partial charge in [0, 0.05) is 6.42 Å². The van der Waals surface area contributed by atoms with Gasteiger partial charge in [0.05, 0.1) is 5.92 Å². The highest BCUT2D eigenvalue weighted by atomic mass is 16.4. The van der Waals surface area contributed by atoms with Gasteiger partial charge < -0.3 is 16.4 Å². The summed E-state index contributed by atoms with van der Waals surface area (Å²) >= 11 is 0. The maximum atomic E-state index is 11.1. The minimum Gasteiger partial charge on any atom is -0.481 e. The molecular formula is C9H18N4O2. The number of nitrogens with two attached hydrogens (primary N) is 2. The smallest absolute Gasteiger partial charge is 0.307 e. The molecule has 0 radical (unpaired) electrons. The monoisotopic (exact) mass is 214 g/mol. The van der Waals surface area contributed by atoms with Crippen LogP contribution in [0.4, 0.5) is 0 Å². The van der Waals surface area contributed by atoms with E-state index in [1.807, 2.05) is 0 Å². The van der Waals surface area contributed by atoms with Gasteiger partial charge in [-0.25, -0.2) is 5.84 Å². The lowest BCUT2D eigenvalue weighted by atomic mass is 9.88. The zero-order chi connectivity index (χ0) is 11.3. The van der Waals surface area contributed by atoms with Crippen LogP contribution in [0.1, 0.15) is 32.1 Å². The van der Waals surface area contributed by atoms with E-state index in [0.29, 0.717) is 5.84 Å². The van der Waals surface area contributed by atoms with Gasteiger partial charge in [0.25, 0.3) is 0 Å². The Balaban J connectivity index is 2.61. The molecule has 0 aliphatic heterocycles. The van der Waals surface area contributed by atoms with E-state index in [4.69, 9.17) is 16.8 Å². The maximum absolute atomic E-state index is 11.1. The quantitative estimate of drug-likeness (QED) is 0.228. The van der Waals surface area contributed by atoms with Crippen molar-refractivity contribution in [2.75, 3.05) is 0 Å². The number of carboxylic acids is 1. The lowest BCUT2D eigenvalue weighted by molar-refractivity contribution is -0.143. The van der Waals surface area contributed by atoms with Crippen LogP contribution < -0.4 is 17.1 Å². The van der Waals surface area contributed by atoms with E-state index in [1.54, 1.807) is 0 Å². The number of rotatable bonds is 4. The van der Waals surface area contributed by atoms with Gasteiger partial charge in [-0.05, 0) is 18.8 Å². The molecule has 1 aliphatic carbocycles. The number of aliphatic carboxylic acids is 1. The fourth-order valence-corrected chi connectivity index (χ4v) is 2.17. The largest absolute Gasteiger partial charge is 0.481 e. The highest BCUT2D eigenvalue weighted by Crippen LogP contribution is 2.33. The van der Waals surface area contributed by atoms with Crippen LogP contribution in [0.25, 0.3) is 0 Å². The Morgan fingerprint density at radius 1 is 1.53 bits per heavy atom. The second-order valence-electron chi connectivity index (χ2n) is 3.91. The molecule has 0 spiro atoms. The van der Waals surface area contributed by atoms with E-state index in [-0.39, 0.29) is 12.3 Å². The zero-order valence-electron chi connectivity index (χ0n) is 8.65. The first-order valence-corrected chi connectivity index (χ1v) is 5.15. The molecule has 1 fully saturated rings. The van der Waals surface area contributed by atoms with Crippen molar-refractivity contribution in [3.63, 3.8) is 0 Å². The summed E-state index contributed by atoms with van der Waals surface area (Å²) in [6.07, 6.45) is 4.45. The zero-order valence-corrected chi connectivity index (χ0v) is 8.65. The molecule has 0 bridgehead atoms. The first-order chi connectivity index (χ1) is 7.19. The maximum Gasteiger partial charge on any atom is 0.307 e. The summed E-state index contributed by atoms with van der Waals surface area (Å²) < 4.78 is 0. The van der Waals surface area contributed by atoms with Crippen LogP contribution in [0.5, 0.6) is 0 Å². The first kappa shape index (κ1) is 11.8. The third-order valence-electron chi connectivity index (χ3n) is 3.02. The second kappa shape index (κ2) is 5.55. The fourth-order valence-electron chi connectivity index (χ4n) is 2.17. The van der Waals surface area contributed by atoms with Crippen molar-refractivity contribution in [2.24, 2.45) is 28.6 Å². The van der Waals surface area contributed by atoms with Crippen LogP contribution in [-0.2, 0) is 4.79 Å². The molecule has 1 unspecified atom stereocenters. The van der Waals surface area contributed by atoms with Crippen LogP contribution in [0, 0.1) is 11.8 Å². The van der Waals surface area contributed by atoms with Crippen molar-refractivity contribution in [2.45, 2.75) is 32.1 Å². The predicted molar refractivity (Wildman–Crippen MR) is 56.6 cm³/mol. The van der Waals surface area contributed by atoms with E-state index in [2.05, 4.69) is 10.5 Å². The number of carboxylic acid groups (broad SMARTS) is 1. The first-order valence-electron chi connectivity index (χ1n) is 5.15. The van der Waals surface area contributed by atoms with Crippen molar-refractivity contribution in [1.82, 2.24) is 5.43 Å². The van der Waals surface area contributed by atoms with Gasteiger partial charge in [0.1, 0.15) is 5.84 Å². The number of amidine groups is 1. The molecule has 1 rings (SSSR count). The van der Waals surface area contributed by atoms with Gasteiger partial charge in [-0.2, -0.15) is 5.10 Å². The number of hydrogen-bond acceptors (Lipinski definition) is 4. The van der Waals surface area contributed by atoms with Gasteiger partial charge in [0.15, 0.2) is 0 Å². The molecule has 1 saturated carbocycles. The molecule has 0 saturated heterocycles. The second-order valence-corrected chi connectivity index (χ2v) is 3.91. The summed E-state index contributed by atoms with van der Waals surface area (Å²) in [5.74, 6) is 9.61. The summed E-state index contributed by atoms with van der Waals surface area (Å²) in [4.78, 5) is 11.1. The summed E-state index contributed by atoms with van der Waals surface area (Å²) in [5.41, 5.74) is 2.32. The molecule has 6 nitrogen and oxygen atoms in total. The average molecular weight is 214 g/mol. The molecule has 0 aromatic rings.